The van der Waals surface area contributed by atoms with Crippen molar-refractivity contribution in [2.75, 3.05) is 13.1 Å². The minimum atomic E-state index is -1.72. The van der Waals surface area contributed by atoms with E-state index in [1.54, 1.807) is 11.3 Å². The van der Waals surface area contributed by atoms with Gasteiger partial charge in [0.25, 0.3) is 5.91 Å². The first kappa shape index (κ1) is 24.1. The molecular weight excluding hydrogens is 502 g/mol. The van der Waals surface area contributed by atoms with Gasteiger partial charge in [0.15, 0.2) is 0 Å². The third kappa shape index (κ3) is 4.11. The zero-order chi connectivity index (χ0) is 25.9. The van der Waals surface area contributed by atoms with Crippen molar-refractivity contribution in [3.05, 3.63) is 63.7 Å². The lowest BCUT2D eigenvalue weighted by molar-refractivity contribution is -0.136. The van der Waals surface area contributed by atoms with E-state index in [0.29, 0.717) is 19.6 Å². The number of rotatable bonds is 4. The van der Waals surface area contributed by atoms with E-state index in [1.165, 1.54) is 4.90 Å². The SMILES string of the molecule is O=C1CCC(N2Cc3c(cc(F)c(C4(O)CCN(Cc5nc6ccccc6s5)CC4)c3F)C2=O)C(=O)N1. The number of carbonyl (C=O) groups excluding carboxylic acids is 3. The van der Waals surface area contributed by atoms with Crippen LogP contribution in [0.2, 0.25) is 0 Å². The quantitative estimate of drug-likeness (QED) is 0.507. The Kier molecular flexibility index (Phi) is 5.81. The number of hydrogen-bond acceptors (Lipinski definition) is 7. The van der Waals surface area contributed by atoms with Crippen LogP contribution < -0.4 is 5.32 Å². The van der Waals surface area contributed by atoms with E-state index < -0.39 is 46.6 Å². The number of benzene rings is 2. The summed E-state index contributed by atoms with van der Waals surface area (Å²) >= 11 is 1.60. The largest absolute Gasteiger partial charge is 0.385 e. The molecule has 0 spiro atoms. The second-order valence-corrected chi connectivity index (χ2v) is 11.0. The Morgan fingerprint density at radius 3 is 2.65 bits per heavy atom. The fraction of sp³-hybridized carbons (Fsp3) is 0.385. The molecule has 0 radical (unpaired) electrons. The standard InChI is InChI=1S/C26H24F2N4O4S/c27-16-11-14-15(12-32(25(14)35)18-5-6-20(33)30-24(18)34)23(28)22(16)26(36)7-9-31(10-8-26)13-21-29-17-3-1-2-4-19(17)37-21/h1-4,11,18,36H,5-10,12-13H2,(H,30,33,34). The van der Waals surface area contributed by atoms with E-state index in [4.69, 9.17) is 0 Å². The van der Waals surface area contributed by atoms with Gasteiger partial charge < -0.3 is 10.0 Å². The maximum absolute atomic E-state index is 15.7. The molecule has 4 heterocycles. The van der Waals surface area contributed by atoms with E-state index in [2.05, 4.69) is 15.2 Å². The number of thiazole rings is 1. The lowest BCUT2D eigenvalue weighted by Gasteiger charge is -2.38. The molecule has 1 unspecified atom stereocenters. The molecule has 2 aromatic carbocycles. The Balaban J connectivity index is 1.20. The Hall–Kier alpha value is -3.28. The van der Waals surface area contributed by atoms with Crippen molar-refractivity contribution in [2.45, 2.75) is 50.4 Å². The average molecular weight is 527 g/mol. The van der Waals surface area contributed by atoms with Gasteiger partial charge in [0, 0.05) is 25.1 Å². The molecule has 3 aliphatic rings. The normalized spacial score (nSPS) is 22.0. The van der Waals surface area contributed by atoms with Crippen molar-refractivity contribution in [1.82, 2.24) is 20.1 Å². The molecule has 1 atom stereocenters. The highest BCUT2D eigenvalue weighted by Gasteiger charge is 2.45. The monoisotopic (exact) mass is 526 g/mol. The maximum Gasteiger partial charge on any atom is 0.255 e. The molecule has 11 heteroatoms. The smallest absolute Gasteiger partial charge is 0.255 e. The highest BCUT2D eigenvalue weighted by molar-refractivity contribution is 7.18. The first-order valence-electron chi connectivity index (χ1n) is 12.2. The number of likely N-dealkylation sites (tertiary alicyclic amines) is 1. The van der Waals surface area contributed by atoms with Crippen LogP contribution in [0.5, 0.6) is 0 Å². The molecule has 37 heavy (non-hydrogen) atoms. The van der Waals surface area contributed by atoms with Crippen molar-refractivity contribution < 1.29 is 28.3 Å². The summed E-state index contributed by atoms with van der Waals surface area (Å²) in [7, 11) is 0. The van der Waals surface area contributed by atoms with Crippen molar-refractivity contribution >= 4 is 39.3 Å². The third-order valence-corrected chi connectivity index (χ3v) is 8.59. The molecule has 0 bridgehead atoms. The molecule has 1 aromatic heterocycles. The summed E-state index contributed by atoms with van der Waals surface area (Å²) in [5.74, 6) is -3.64. The van der Waals surface area contributed by atoms with Gasteiger partial charge in [-0.05, 0) is 37.5 Å². The van der Waals surface area contributed by atoms with Gasteiger partial charge in [-0.15, -0.1) is 11.3 Å². The molecule has 2 fully saturated rings. The molecular formula is C26H24F2N4O4S. The number of piperidine rings is 2. The summed E-state index contributed by atoms with van der Waals surface area (Å²) in [6, 6.07) is 7.89. The van der Waals surface area contributed by atoms with E-state index >= 15 is 8.78 Å². The van der Waals surface area contributed by atoms with Gasteiger partial charge in [0.1, 0.15) is 22.7 Å². The minimum Gasteiger partial charge on any atom is -0.385 e. The molecule has 192 valence electrons. The first-order valence-corrected chi connectivity index (χ1v) is 13.0. The van der Waals surface area contributed by atoms with Crippen LogP contribution in [0.25, 0.3) is 10.2 Å². The van der Waals surface area contributed by atoms with E-state index in [-0.39, 0.29) is 43.4 Å². The van der Waals surface area contributed by atoms with Crippen molar-refractivity contribution in [3.8, 4) is 0 Å². The average Bonchev–Trinajstić information content (AvgIpc) is 3.41. The summed E-state index contributed by atoms with van der Waals surface area (Å²) in [5, 5.41) is 14.5. The molecule has 2 N–H and O–H groups in total. The van der Waals surface area contributed by atoms with Gasteiger partial charge in [-0.25, -0.2) is 13.8 Å². The summed E-state index contributed by atoms with van der Waals surface area (Å²) in [4.78, 5) is 44.6. The van der Waals surface area contributed by atoms with Gasteiger partial charge in [0.2, 0.25) is 11.8 Å². The fourth-order valence-corrected chi connectivity index (χ4v) is 6.58. The number of halogens is 2. The fourth-order valence-electron chi connectivity index (χ4n) is 5.57. The molecule has 3 aromatic rings. The molecule has 3 amide bonds. The summed E-state index contributed by atoms with van der Waals surface area (Å²) in [6.07, 6.45) is 0.423. The second-order valence-electron chi connectivity index (χ2n) is 9.86. The Bertz CT molecular complexity index is 1420. The zero-order valence-electron chi connectivity index (χ0n) is 19.8. The van der Waals surface area contributed by atoms with Crippen LogP contribution in [0.4, 0.5) is 8.78 Å². The number of nitrogens with one attached hydrogen (secondary N) is 1. The Labute approximate surface area is 214 Å². The molecule has 6 rings (SSSR count). The van der Waals surface area contributed by atoms with Gasteiger partial charge >= 0.3 is 0 Å². The van der Waals surface area contributed by atoms with Crippen LogP contribution in [0, 0.1) is 11.6 Å². The highest BCUT2D eigenvalue weighted by atomic mass is 32.1. The molecule has 0 saturated carbocycles. The van der Waals surface area contributed by atoms with Crippen LogP contribution in [0.1, 0.15) is 52.2 Å². The first-order chi connectivity index (χ1) is 17.7. The van der Waals surface area contributed by atoms with Gasteiger partial charge in [-0.1, -0.05) is 12.1 Å². The van der Waals surface area contributed by atoms with E-state index in [1.807, 2.05) is 24.3 Å². The number of para-hydroxylation sites is 1. The van der Waals surface area contributed by atoms with E-state index in [0.717, 1.165) is 21.3 Å². The predicted molar refractivity (Wildman–Crippen MR) is 130 cm³/mol. The number of aromatic nitrogens is 1. The number of hydrogen-bond donors (Lipinski definition) is 2. The van der Waals surface area contributed by atoms with Gasteiger partial charge in [0.05, 0.1) is 40.0 Å². The Morgan fingerprint density at radius 2 is 1.92 bits per heavy atom. The number of amides is 3. The van der Waals surface area contributed by atoms with Crippen molar-refractivity contribution in [1.29, 1.82) is 0 Å². The molecule has 8 nitrogen and oxygen atoms in total. The van der Waals surface area contributed by atoms with E-state index in [9.17, 15) is 19.5 Å². The number of carbonyl (C=O) groups is 3. The second kappa shape index (κ2) is 8.93. The lowest BCUT2D eigenvalue weighted by atomic mass is 9.82. The topological polar surface area (TPSA) is 103 Å². The number of fused-ring (bicyclic) bond motifs is 2. The van der Waals surface area contributed by atoms with Crippen LogP contribution in [-0.2, 0) is 28.3 Å². The number of imide groups is 1. The maximum atomic E-state index is 15.7. The van der Waals surface area contributed by atoms with Crippen LogP contribution in [-0.4, -0.2) is 56.7 Å². The summed E-state index contributed by atoms with van der Waals surface area (Å²) < 4.78 is 32.1. The Morgan fingerprint density at radius 1 is 1.16 bits per heavy atom. The van der Waals surface area contributed by atoms with Crippen LogP contribution >= 0.6 is 11.3 Å². The van der Waals surface area contributed by atoms with Crippen LogP contribution in [0.3, 0.4) is 0 Å². The third-order valence-electron chi connectivity index (χ3n) is 7.57. The molecule has 0 aliphatic carbocycles. The number of nitrogens with zero attached hydrogens (tertiary/aromatic N) is 3. The van der Waals surface area contributed by atoms with Gasteiger partial charge in [-0.3, -0.25) is 24.6 Å². The summed E-state index contributed by atoms with van der Waals surface area (Å²) in [5.41, 5.74) is -1.40. The van der Waals surface area contributed by atoms with Crippen LogP contribution in [0.15, 0.2) is 30.3 Å². The van der Waals surface area contributed by atoms with Gasteiger partial charge in [-0.2, -0.15) is 0 Å². The summed E-state index contributed by atoms with van der Waals surface area (Å²) in [6.45, 7) is 1.20. The molecule has 3 aliphatic heterocycles. The van der Waals surface area contributed by atoms with Crippen molar-refractivity contribution in [3.63, 3.8) is 0 Å². The predicted octanol–water partition coefficient (Wildman–Crippen LogP) is 2.82. The lowest BCUT2D eigenvalue weighted by Crippen LogP contribution is -2.52. The van der Waals surface area contributed by atoms with Crippen molar-refractivity contribution in [2.24, 2.45) is 0 Å². The highest BCUT2D eigenvalue weighted by Crippen LogP contribution is 2.41. The number of aliphatic hydroxyl groups is 1. The zero-order valence-corrected chi connectivity index (χ0v) is 20.6. The minimum absolute atomic E-state index is 0.0311. The molecule has 2 saturated heterocycles.